The predicted molar refractivity (Wildman–Crippen MR) is 112 cm³/mol. The molecule has 5 nitrogen and oxygen atoms in total. The van der Waals surface area contributed by atoms with Crippen molar-refractivity contribution in [3.05, 3.63) is 55.9 Å². The van der Waals surface area contributed by atoms with E-state index in [-0.39, 0.29) is 5.56 Å². The third-order valence-corrected chi connectivity index (χ3v) is 7.24. The van der Waals surface area contributed by atoms with Crippen molar-refractivity contribution in [2.45, 2.75) is 38.8 Å². The summed E-state index contributed by atoms with van der Waals surface area (Å²) in [5.74, 6) is 0.731. The van der Waals surface area contributed by atoms with Gasteiger partial charge in [-0.1, -0.05) is 12.1 Å². The molecule has 0 fully saturated rings. The lowest BCUT2D eigenvalue weighted by molar-refractivity contribution is 0.310. The van der Waals surface area contributed by atoms with Crippen molar-refractivity contribution in [1.82, 2.24) is 19.9 Å². The summed E-state index contributed by atoms with van der Waals surface area (Å²) >= 11 is 3.42. The number of rotatable bonds is 4. The van der Waals surface area contributed by atoms with Gasteiger partial charge in [0, 0.05) is 4.88 Å². The maximum atomic E-state index is 12.7. The van der Waals surface area contributed by atoms with Gasteiger partial charge in [0.15, 0.2) is 0 Å². The summed E-state index contributed by atoms with van der Waals surface area (Å²) in [7, 11) is 2.04. The van der Waals surface area contributed by atoms with Crippen LogP contribution in [0.5, 0.6) is 0 Å². The first kappa shape index (κ1) is 17.0. The van der Waals surface area contributed by atoms with E-state index in [0.717, 1.165) is 46.0 Å². The molecule has 0 bridgehead atoms. The van der Waals surface area contributed by atoms with Crippen LogP contribution >= 0.6 is 22.7 Å². The van der Waals surface area contributed by atoms with E-state index in [1.165, 1.54) is 28.0 Å². The molecule has 5 rings (SSSR count). The van der Waals surface area contributed by atoms with Gasteiger partial charge in [0.05, 0.1) is 28.7 Å². The van der Waals surface area contributed by atoms with Gasteiger partial charge in [-0.15, -0.1) is 22.7 Å². The number of aryl methyl sites for hydroxylation is 2. The van der Waals surface area contributed by atoms with E-state index in [9.17, 15) is 4.79 Å². The van der Waals surface area contributed by atoms with Crippen LogP contribution in [0, 0.1) is 0 Å². The van der Waals surface area contributed by atoms with Crippen LogP contribution in [-0.4, -0.2) is 26.9 Å². The Bertz CT molecular complexity index is 1160. The molecular weight excluding hydrogens is 376 g/mol. The number of aromatic nitrogens is 3. The fourth-order valence-electron chi connectivity index (χ4n) is 3.81. The second-order valence-corrected chi connectivity index (χ2v) is 9.35. The van der Waals surface area contributed by atoms with Crippen molar-refractivity contribution < 1.29 is 0 Å². The summed E-state index contributed by atoms with van der Waals surface area (Å²) < 4.78 is 1.21. The minimum Gasteiger partial charge on any atom is -0.309 e. The highest BCUT2D eigenvalue weighted by molar-refractivity contribution is 7.19. The molecule has 1 aliphatic rings. The monoisotopic (exact) mass is 396 g/mol. The first-order chi connectivity index (χ1) is 13.2. The standard InChI is InChI=1S/C20H20N4OS2/c1-24(11-17-21-13-7-3-5-9-15(13)26-17)10-16-22-19(25)18-12-6-2-4-8-14(12)27-20(18)23-16/h3,5,7,9H,2,4,6,8,10-11H2,1H3,(H,22,23,25). The van der Waals surface area contributed by atoms with Crippen LogP contribution in [0.4, 0.5) is 0 Å². The summed E-state index contributed by atoms with van der Waals surface area (Å²) in [6.07, 6.45) is 4.49. The normalized spacial score (nSPS) is 14.3. The molecule has 1 N–H and O–H groups in total. The van der Waals surface area contributed by atoms with Crippen molar-refractivity contribution in [1.29, 1.82) is 0 Å². The largest absolute Gasteiger partial charge is 0.309 e. The van der Waals surface area contributed by atoms with Gasteiger partial charge in [-0.2, -0.15) is 0 Å². The molecule has 0 radical (unpaired) electrons. The van der Waals surface area contributed by atoms with Crippen LogP contribution in [-0.2, 0) is 25.9 Å². The molecule has 0 atom stereocenters. The van der Waals surface area contributed by atoms with E-state index in [1.54, 1.807) is 22.7 Å². The van der Waals surface area contributed by atoms with Gasteiger partial charge < -0.3 is 4.98 Å². The number of hydrogen-bond acceptors (Lipinski definition) is 6. The Morgan fingerprint density at radius 1 is 1.11 bits per heavy atom. The molecule has 1 aliphatic carbocycles. The van der Waals surface area contributed by atoms with E-state index in [0.29, 0.717) is 6.54 Å². The molecule has 0 amide bonds. The topological polar surface area (TPSA) is 61.9 Å². The van der Waals surface area contributed by atoms with Crippen molar-refractivity contribution >= 4 is 43.1 Å². The lowest BCUT2D eigenvalue weighted by Gasteiger charge is -2.14. The molecule has 138 valence electrons. The second-order valence-electron chi connectivity index (χ2n) is 7.15. The Morgan fingerprint density at radius 3 is 2.85 bits per heavy atom. The Kier molecular flexibility index (Phi) is 4.30. The zero-order valence-corrected chi connectivity index (χ0v) is 16.8. The van der Waals surface area contributed by atoms with Gasteiger partial charge in [0.25, 0.3) is 5.56 Å². The number of benzene rings is 1. The first-order valence-electron chi connectivity index (χ1n) is 9.24. The van der Waals surface area contributed by atoms with Gasteiger partial charge in [0.2, 0.25) is 0 Å². The van der Waals surface area contributed by atoms with E-state index < -0.39 is 0 Å². The lowest BCUT2D eigenvalue weighted by Crippen LogP contribution is -2.21. The molecule has 0 spiro atoms. The molecule has 1 aromatic carbocycles. The average Bonchev–Trinajstić information content (AvgIpc) is 3.21. The number of fused-ring (bicyclic) bond motifs is 4. The summed E-state index contributed by atoms with van der Waals surface area (Å²) in [6, 6.07) is 8.20. The molecule has 7 heteroatoms. The van der Waals surface area contributed by atoms with Crippen molar-refractivity contribution in [2.75, 3.05) is 7.05 Å². The number of nitrogens with one attached hydrogen (secondary N) is 1. The quantitative estimate of drug-likeness (QED) is 0.564. The van der Waals surface area contributed by atoms with Crippen LogP contribution in [0.3, 0.4) is 0 Å². The van der Waals surface area contributed by atoms with Crippen LogP contribution in [0.1, 0.15) is 34.1 Å². The SMILES string of the molecule is CN(Cc1nc2sc3c(c2c(=O)[nH]1)CCCC3)Cc1nc2ccccc2s1. The Morgan fingerprint density at radius 2 is 1.96 bits per heavy atom. The molecule has 0 saturated heterocycles. The Labute approximate surface area is 164 Å². The highest BCUT2D eigenvalue weighted by Crippen LogP contribution is 2.33. The number of H-pyrrole nitrogens is 1. The summed E-state index contributed by atoms with van der Waals surface area (Å²) in [6.45, 7) is 1.34. The summed E-state index contributed by atoms with van der Waals surface area (Å²) in [5, 5.41) is 1.90. The molecule has 0 unspecified atom stereocenters. The Balaban J connectivity index is 1.39. The van der Waals surface area contributed by atoms with Crippen LogP contribution in [0.2, 0.25) is 0 Å². The zero-order chi connectivity index (χ0) is 18.4. The summed E-state index contributed by atoms with van der Waals surface area (Å²) in [5.41, 5.74) is 2.30. The van der Waals surface area contributed by atoms with E-state index >= 15 is 0 Å². The number of para-hydroxylation sites is 1. The smallest absolute Gasteiger partial charge is 0.259 e. The maximum absolute atomic E-state index is 12.7. The van der Waals surface area contributed by atoms with Crippen LogP contribution in [0.15, 0.2) is 29.1 Å². The fourth-order valence-corrected chi connectivity index (χ4v) is 6.14. The first-order valence-corrected chi connectivity index (χ1v) is 10.9. The molecular formula is C20H20N4OS2. The van der Waals surface area contributed by atoms with Gasteiger partial charge >= 0.3 is 0 Å². The molecule has 27 heavy (non-hydrogen) atoms. The van der Waals surface area contributed by atoms with Crippen molar-refractivity contribution in [3.8, 4) is 0 Å². The van der Waals surface area contributed by atoms with Crippen LogP contribution < -0.4 is 5.56 Å². The third kappa shape index (κ3) is 3.20. The van der Waals surface area contributed by atoms with Gasteiger partial charge in [-0.3, -0.25) is 9.69 Å². The molecule has 3 aromatic heterocycles. The maximum Gasteiger partial charge on any atom is 0.259 e. The summed E-state index contributed by atoms with van der Waals surface area (Å²) in [4.78, 5) is 29.5. The zero-order valence-electron chi connectivity index (χ0n) is 15.1. The van der Waals surface area contributed by atoms with E-state index in [1.807, 2.05) is 25.2 Å². The van der Waals surface area contributed by atoms with Gasteiger partial charge in [0.1, 0.15) is 15.7 Å². The fraction of sp³-hybridized carbons (Fsp3) is 0.350. The number of thiazole rings is 1. The van der Waals surface area contributed by atoms with Gasteiger partial charge in [-0.25, -0.2) is 9.97 Å². The average molecular weight is 397 g/mol. The van der Waals surface area contributed by atoms with Crippen molar-refractivity contribution in [2.24, 2.45) is 0 Å². The lowest BCUT2D eigenvalue weighted by atomic mass is 9.97. The molecule has 3 heterocycles. The molecule has 0 aliphatic heterocycles. The highest BCUT2D eigenvalue weighted by atomic mass is 32.1. The van der Waals surface area contributed by atoms with Crippen molar-refractivity contribution in [3.63, 3.8) is 0 Å². The minimum atomic E-state index is 0.0165. The predicted octanol–water partition coefficient (Wildman–Crippen LogP) is 4.11. The van der Waals surface area contributed by atoms with Gasteiger partial charge in [-0.05, 0) is 50.4 Å². The Hall–Kier alpha value is -2.09. The number of aromatic amines is 1. The molecule has 0 saturated carbocycles. The third-order valence-electron chi connectivity index (χ3n) is 5.04. The number of hydrogen-bond donors (Lipinski definition) is 1. The van der Waals surface area contributed by atoms with E-state index in [4.69, 9.17) is 9.97 Å². The second kappa shape index (κ2) is 6.82. The number of thiophene rings is 1. The van der Waals surface area contributed by atoms with Crippen LogP contribution in [0.25, 0.3) is 20.4 Å². The minimum absolute atomic E-state index is 0.0165. The van der Waals surface area contributed by atoms with E-state index in [2.05, 4.69) is 16.0 Å². The highest BCUT2D eigenvalue weighted by Gasteiger charge is 2.20. The number of nitrogens with zero attached hydrogens (tertiary/aromatic N) is 3. The molecule has 4 aromatic rings.